The highest BCUT2D eigenvalue weighted by atomic mass is 19.1. The fourth-order valence-corrected chi connectivity index (χ4v) is 2.15. The van der Waals surface area contributed by atoms with Gasteiger partial charge >= 0.3 is 0 Å². The van der Waals surface area contributed by atoms with Crippen LogP contribution in [0.25, 0.3) is 27.9 Å². The van der Waals surface area contributed by atoms with E-state index in [4.69, 9.17) is 0 Å². The van der Waals surface area contributed by atoms with Crippen molar-refractivity contribution in [1.82, 2.24) is 24.6 Å². The molecule has 0 saturated heterocycles. The van der Waals surface area contributed by atoms with Crippen LogP contribution >= 0.6 is 0 Å². The van der Waals surface area contributed by atoms with Crippen molar-refractivity contribution in [1.29, 1.82) is 0 Å². The molecule has 3 heterocycles. The van der Waals surface area contributed by atoms with E-state index in [0.717, 1.165) is 10.9 Å². The molecule has 0 radical (unpaired) electrons. The zero-order valence-electron chi connectivity index (χ0n) is 10.2. The predicted octanol–water partition coefficient (Wildman–Crippen LogP) is 2.48. The molecule has 0 fully saturated rings. The molecule has 0 aliphatic rings. The minimum absolute atomic E-state index is 0.278. The van der Waals surface area contributed by atoms with Crippen LogP contribution in [0.4, 0.5) is 4.39 Å². The van der Waals surface area contributed by atoms with Gasteiger partial charge in [0, 0.05) is 11.6 Å². The maximum Gasteiger partial charge on any atom is 0.223 e. The SMILES string of the molecule is Fc1ncccc1-c1nc2c3ccccc3ncn2n1. The fourth-order valence-electron chi connectivity index (χ4n) is 2.15. The highest BCUT2D eigenvalue weighted by Crippen LogP contribution is 2.21. The van der Waals surface area contributed by atoms with Crippen molar-refractivity contribution in [2.24, 2.45) is 0 Å². The molecule has 0 aliphatic carbocycles. The van der Waals surface area contributed by atoms with Gasteiger partial charge in [0.1, 0.15) is 6.33 Å². The monoisotopic (exact) mass is 265 g/mol. The quantitative estimate of drug-likeness (QED) is 0.496. The molecular weight excluding hydrogens is 257 g/mol. The van der Waals surface area contributed by atoms with Crippen LogP contribution in [0.3, 0.4) is 0 Å². The van der Waals surface area contributed by atoms with Crippen molar-refractivity contribution >= 4 is 16.6 Å². The fraction of sp³-hybridized carbons (Fsp3) is 0. The number of benzene rings is 1. The number of halogens is 1. The molecule has 5 nitrogen and oxygen atoms in total. The third-order valence-corrected chi connectivity index (χ3v) is 3.08. The lowest BCUT2D eigenvalue weighted by Gasteiger charge is -1.96. The first-order chi connectivity index (χ1) is 9.83. The molecule has 0 atom stereocenters. The Balaban J connectivity index is 2.04. The molecule has 0 amide bonds. The van der Waals surface area contributed by atoms with Gasteiger partial charge in [-0.3, -0.25) is 0 Å². The summed E-state index contributed by atoms with van der Waals surface area (Å²) in [5.74, 6) is -0.283. The lowest BCUT2D eigenvalue weighted by Crippen LogP contribution is -1.91. The highest BCUT2D eigenvalue weighted by molar-refractivity contribution is 5.91. The van der Waals surface area contributed by atoms with Gasteiger partial charge in [0.2, 0.25) is 5.95 Å². The summed E-state index contributed by atoms with van der Waals surface area (Å²) >= 11 is 0. The zero-order chi connectivity index (χ0) is 13.5. The normalized spacial score (nSPS) is 11.2. The summed E-state index contributed by atoms with van der Waals surface area (Å²) in [4.78, 5) is 12.3. The molecule has 4 rings (SSSR count). The van der Waals surface area contributed by atoms with E-state index in [1.807, 2.05) is 24.3 Å². The van der Waals surface area contributed by atoms with Gasteiger partial charge in [-0.1, -0.05) is 12.1 Å². The Kier molecular flexibility index (Phi) is 2.23. The number of fused-ring (bicyclic) bond motifs is 3. The average Bonchev–Trinajstić information content (AvgIpc) is 2.92. The van der Waals surface area contributed by atoms with E-state index in [-0.39, 0.29) is 5.56 Å². The predicted molar refractivity (Wildman–Crippen MR) is 71.5 cm³/mol. The Labute approximate surface area is 112 Å². The van der Waals surface area contributed by atoms with Crippen molar-refractivity contribution in [3.63, 3.8) is 0 Å². The largest absolute Gasteiger partial charge is 0.236 e. The number of para-hydroxylation sites is 1. The molecule has 0 unspecified atom stereocenters. The number of hydrogen-bond acceptors (Lipinski definition) is 4. The molecule has 0 bridgehead atoms. The Bertz CT molecular complexity index is 931. The molecule has 0 saturated carbocycles. The summed E-state index contributed by atoms with van der Waals surface area (Å²) in [6.07, 6.45) is 2.97. The van der Waals surface area contributed by atoms with E-state index in [2.05, 4.69) is 20.1 Å². The molecule has 96 valence electrons. The van der Waals surface area contributed by atoms with Gasteiger partial charge in [-0.05, 0) is 24.3 Å². The van der Waals surface area contributed by atoms with E-state index in [1.165, 1.54) is 6.20 Å². The number of hydrogen-bond donors (Lipinski definition) is 0. The molecule has 1 aromatic carbocycles. The maximum atomic E-state index is 13.7. The Morgan fingerprint density at radius 1 is 1.00 bits per heavy atom. The van der Waals surface area contributed by atoms with E-state index < -0.39 is 5.95 Å². The summed E-state index contributed by atoms with van der Waals surface area (Å²) in [6, 6.07) is 10.9. The molecule has 6 heteroatoms. The van der Waals surface area contributed by atoms with Gasteiger partial charge < -0.3 is 0 Å². The molecule has 0 N–H and O–H groups in total. The molecule has 3 aromatic heterocycles. The molecule has 0 spiro atoms. The lowest BCUT2D eigenvalue weighted by atomic mass is 10.2. The summed E-state index contributed by atoms with van der Waals surface area (Å²) in [5.41, 5.74) is 1.75. The number of aromatic nitrogens is 5. The van der Waals surface area contributed by atoms with Crippen molar-refractivity contribution in [2.45, 2.75) is 0 Å². The number of pyridine rings is 1. The molecule has 0 aliphatic heterocycles. The van der Waals surface area contributed by atoms with Crippen LogP contribution in [0, 0.1) is 5.95 Å². The standard InChI is InChI=1S/C14H8FN5/c15-12-10(5-3-7-16-12)13-18-14-9-4-1-2-6-11(9)17-8-20(14)19-13/h1-8H. The van der Waals surface area contributed by atoms with Crippen LogP contribution < -0.4 is 0 Å². The minimum Gasteiger partial charge on any atom is -0.236 e. The smallest absolute Gasteiger partial charge is 0.223 e. The van der Waals surface area contributed by atoms with Crippen LogP contribution in [-0.2, 0) is 0 Å². The van der Waals surface area contributed by atoms with Gasteiger partial charge in [-0.2, -0.15) is 4.39 Å². The Morgan fingerprint density at radius 3 is 2.80 bits per heavy atom. The molecular formula is C14H8FN5. The van der Waals surface area contributed by atoms with Crippen molar-refractivity contribution < 1.29 is 4.39 Å². The van der Waals surface area contributed by atoms with Crippen LogP contribution in [0.1, 0.15) is 0 Å². The lowest BCUT2D eigenvalue weighted by molar-refractivity contribution is 0.586. The van der Waals surface area contributed by atoms with Gasteiger partial charge in [-0.15, -0.1) is 5.10 Å². The second-order valence-corrected chi connectivity index (χ2v) is 4.31. The highest BCUT2D eigenvalue weighted by Gasteiger charge is 2.13. The third kappa shape index (κ3) is 1.55. The van der Waals surface area contributed by atoms with E-state index in [0.29, 0.717) is 11.5 Å². The van der Waals surface area contributed by atoms with Crippen molar-refractivity contribution in [3.05, 3.63) is 54.9 Å². The van der Waals surface area contributed by atoms with Gasteiger partial charge in [-0.25, -0.2) is 19.5 Å². The third-order valence-electron chi connectivity index (χ3n) is 3.08. The van der Waals surface area contributed by atoms with Crippen LogP contribution in [0.2, 0.25) is 0 Å². The van der Waals surface area contributed by atoms with Crippen LogP contribution in [0.5, 0.6) is 0 Å². The van der Waals surface area contributed by atoms with E-state index in [9.17, 15) is 4.39 Å². The topological polar surface area (TPSA) is 56.0 Å². The Morgan fingerprint density at radius 2 is 1.90 bits per heavy atom. The minimum atomic E-state index is -0.583. The summed E-state index contributed by atoms with van der Waals surface area (Å²) in [7, 11) is 0. The van der Waals surface area contributed by atoms with Gasteiger partial charge in [0.25, 0.3) is 0 Å². The summed E-state index contributed by atoms with van der Waals surface area (Å²) < 4.78 is 15.2. The molecule has 4 aromatic rings. The number of nitrogens with zero attached hydrogens (tertiary/aromatic N) is 5. The van der Waals surface area contributed by atoms with Crippen LogP contribution in [-0.4, -0.2) is 24.6 Å². The first-order valence-electron chi connectivity index (χ1n) is 6.04. The van der Waals surface area contributed by atoms with Crippen molar-refractivity contribution in [2.75, 3.05) is 0 Å². The summed E-state index contributed by atoms with van der Waals surface area (Å²) in [6.45, 7) is 0. The van der Waals surface area contributed by atoms with Crippen LogP contribution in [0.15, 0.2) is 48.9 Å². The van der Waals surface area contributed by atoms with Gasteiger partial charge in [0.15, 0.2) is 11.5 Å². The van der Waals surface area contributed by atoms with E-state index in [1.54, 1.807) is 23.0 Å². The maximum absolute atomic E-state index is 13.7. The second-order valence-electron chi connectivity index (χ2n) is 4.31. The van der Waals surface area contributed by atoms with E-state index >= 15 is 0 Å². The van der Waals surface area contributed by atoms with Gasteiger partial charge in [0.05, 0.1) is 11.1 Å². The molecule has 20 heavy (non-hydrogen) atoms. The number of rotatable bonds is 1. The average molecular weight is 265 g/mol. The zero-order valence-corrected chi connectivity index (χ0v) is 10.2. The first-order valence-corrected chi connectivity index (χ1v) is 6.04. The Hall–Kier alpha value is -2.89. The summed E-state index contributed by atoms with van der Waals surface area (Å²) in [5, 5.41) is 5.13. The first kappa shape index (κ1) is 11.0. The second kappa shape index (κ2) is 4.06. The van der Waals surface area contributed by atoms with Crippen molar-refractivity contribution in [3.8, 4) is 11.4 Å².